The maximum atomic E-state index is 2.30. The molecular weight excluding hydrogens is 386 g/mol. The van der Waals surface area contributed by atoms with Crippen LogP contribution in [-0.2, 0) is 0 Å². The molecule has 0 aliphatic rings. The second-order valence-corrected chi connectivity index (χ2v) is 9.84. The van der Waals surface area contributed by atoms with Crippen LogP contribution < -0.4 is 27.3 Å². The number of hydrogen-bond acceptors (Lipinski definition) is 1. The molecule has 0 bridgehead atoms. The highest BCUT2D eigenvalue weighted by atomic mass is 32.1. The predicted molar refractivity (Wildman–Crippen MR) is 156 cm³/mol. The van der Waals surface area contributed by atoms with Crippen molar-refractivity contribution in [2.75, 3.05) is 0 Å². The van der Waals surface area contributed by atoms with Gasteiger partial charge in [-0.2, -0.15) is 0 Å². The summed E-state index contributed by atoms with van der Waals surface area (Å²) in [7, 11) is 11.3. The molecule has 5 rings (SSSR count). The molecular formula is C25H23B5S. The topological polar surface area (TPSA) is 0 Å². The average Bonchev–Trinajstić information content (AvgIpc) is 3.16. The standard InChI is InChI=1S/C25H23B5S/c1-12-13(15-9-5-11-18-19(15)16-6-2-3-10-17(16)31-18)7-4-8-14(12)20-21(26)23(28)25(30)24(29)22(20)27/h2-11H,26-30H2,1H3. The molecule has 0 aliphatic heterocycles. The van der Waals surface area contributed by atoms with Crippen molar-refractivity contribution in [2.24, 2.45) is 0 Å². The summed E-state index contributed by atoms with van der Waals surface area (Å²) in [5.74, 6) is 0. The normalized spacial score (nSPS) is 11.4. The Labute approximate surface area is 193 Å². The van der Waals surface area contributed by atoms with Crippen molar-refractivity contribution in [1.29, 1.82) is 0 Å². The maximum Gasteiger partial charge on any atom is 0.139 e. The molecule has 0 radical (unpaired) electrons. The molecule has 0 nitrogen and oxygen atoms in total. The van der Waals surface area contributed by atoms with Crippen molar-refractivity contribution in [3.63, 3.8) is 0 Å². The summed E-state index contributed by atoms with van der Waals surface area (Å²) in [4.78, 5) is 0. The van der Waals surface area contributed by atoms with Gasteiger partial charge < -0.3 is 0 Å². The number of fused-ring (bicyclic) bond motifs is 3. The van der Waals surface area contributed by atoms with E-state index in [1.165, 1.54) is 75.3 Å². The predicted octanol–water partition coefficient (Wildman–Crippen LogP) is -1.01. The monoisotopic (exact) mass is 410 g/mol. The molecule has 0 unspecified atom stereocenters. The summed E-state index contributed by atoms with van der Waals surface area (Å²) in [6.07, 6.45) is 0. The third-order valence-electron chi connectivity index (χ3n) is 7.30. The van der Waals surface area contributed by atoms with E-state index in [-0.39, 0.29) is 0 Å². The van der Waals surface area contributed by atoms with Crippen LogP contribution >= 0.6 is 11.3 Å². The molecule has 31 heavy (non-hydrogen) atoms. The van der Waals surface area contributed by atoms with Crippen LogP contribution in [-0.4, -0.2) is 39.2 Å². The lowest BCUT2D eigenvalue weighted by Crippen LogP contribution is -2.55. The van der Waals surface area contributed by atoms with E-state index in [1.54, 1.807) is 0 Å². The Balaban J connectivity index is 1.83. The first-order valence-corrected chi connectivity index (χ1v) is 11.8. The number of benzene rings is 4. The molecule has 1 aromatic heterocycles. The van der Waals surface area contributed by atoms with E-state index in [4.69, 9.17) is 0 Å². The molecule has 5 aromatic rings. The molecule has 0 spiro atoms. The molecule has 0 saturated carbocycles. The van der Waals surface area contributed by atoms with E-state index in [0.717, 1.165) is 0 Å². The molecule has 0 saturated heterocycles. The van der Waals surface area contributed by atoms with Crippen LogP contribution in [0.15, 0.2) is 60.7 Å². The molecule has 0 amide bonds. The largest absolute Gasteiger partial charge is 0.139 e. The van der Waals surface area contributed by atoms with Crippen LogP contribution in [0.1, 0.15) is 5.56 Å². The Morgan fingerprint density at radius 2 is 1.10 bits per heavy atom. The lowest BCUT2D eigenvalue weighted by Gasteiger charge is -2.22. The van der Waals surface area contributed by atoms with Gasteiger partial charge in [-0.25, -0.2) is 0 Å². The lowest BCUT2D eigenvalue weighted by molar-refractivity contribution is 1.47. The van der Waals surface area contributed by atoms with Crippen LogP contribution in [0.5, 0.6) is 0 Å². The van der Waals surface area contributed by atoms with Gasteiger partial charge in [-0.15, -0.1) is 27.7 Å². The van der Waals surface area contributed by atoms with Gasteiger partial charge in [0.15, 0.2) is 0 Å². The molecule has 0 N–H and O–H groups in total. The molecule has 6 heteroatoms. The first-order valence-electron chi connectivity index (χ1n) is 11.0. The molecule has 1 heterocycles. The van der Waals surface area contributed by atoms with Crippen LogP contribution in [0.25, 0.3) is 42.4 Å². The highest BCUT2D eigenvalue weighted by molar-refractivity contribution is 7.25. The molecule has 0 atom stereocenters. The lowest BCUT2D eigenvalue weighted by atomic mass is 9.59. The fourth-order valence-corrected chi connectivity index (χ4v) is 6.23. The van der Waals surface area contributed by atoms with E-state index in [1.807, 2.05) is 11.3 Å². The van der Waals surface area contributed by atoms with Gasteiger partial charge in [0.05, 0.1) is 0 Å². The van der Waals surface area contributed by atoms with Gasteiger partial charge in [0.2, 0.25) is 0 Å². The first-order chi connectivity index (χ1) is 14.9. The average molecular weight is 410 g/mol. The fraction of sp³-hybridized carbons (Fsp3) is 0.0400. The Morgan fingerprint density at radius 1 is 0.548 bits per heavy atom. The van der Waals surface area contributed by atoms with E-state index in [9.17, 15) is 0 Å². The third kappa shape index (κ3) is 3.04. The second kappa shape index (κ2) is 7.53. The first kappa shape index (κ1) is 20.3. The highest BCUT2D eigenvalue weighted by Gasteiger charge is 2.18. The van der Waals surface area contributed by atoms with Gasteiger partial charge in [-0.3, -0.25) is 0 Å². The third-order valence-corrected chi connectivity index (χ3v) is 8.43. The highest BCUT2D eigenvalue weighted by Crippen LogP contribution is 2.41. The van der Waals surface area contributed by atoms with Crippen LogP contribution in [0.2, 0.25) is 0 Å². The van der Waals surface area contributed by atoms with Crippen molar-refractivity contribution >= 4 is 98.1 Å². The van der Waals surface area contributed by atoms with Gasteiger partial charge in [-0.1, -0.05) is 59.5 Å². The molecule has 144 valence electrons. The zero-order valence-corrected chi connectivity index (χ0v) is 20.0. The van der Waals surface area contributed by atoms with Gasteiger partial charge in [-0.05, 0) is 46.9 Å². The molecule has 0 aliphatic carbocycles. The van der Waals surface area contributed by atoms with Crippen molar-refractivity contribution in [2.45, 2.75) is 6.92 Å². The van der Waals surface area contributed by atoms with Gasteiger partial charge in [0.1, 0.15) is 39.2 Å². The number of thiophene rings is 1. The fourth-order valence-electron chi connectivity index (χ4n) is 5.10. The summed E-state index contributed by atoms with van der Waals surface area (Å²) in [6.45, 7) is 2.29. The number of rotatable bonds is 2. The molecule has 4 aromatic carbocycles. The van der Waals surface area contributed by atoms with E-state index in [0.29, 0.717) is 0 Å². The quantitative estimate of drug-likeness (QED) is 0.328. The van der Waals surface area contributed by atoms with Crippen LogP contribution in [0.4, 0.5) is 0 Å². The smallest absolute Gasteiger partial charge is 0.135 e. The summed E-state index contributed by atoms with van der Waals surface area (Å²) >= 11 is 1.89. The summed E-state index contributed by atoms with van der Waals surface area (Å²) < 4.78 is 2.72. The van der Waals surface area contributed by atoms with Gasteiger partial charge in [0, 0.05) is 20.2 Å². The second-order valence-electron chi connectivity index (χ2n) is 8.76. The maximum absolute atomic E-state index is 2.30. The Kier molecular flexibility index (Phi) is 4.94. The van der Waals surface area contributed by atoms with Gasteiger partial charge >= 0.3 is 0 Å². The van der Waals surface area contributed by atoms with Crippen molar-refractivity contribution < 1.29 is 0 Å². The zero-order chi connectivity index (χ0) is 21.9. The zero-order valence-electron chi connectivity index (χ0n) is 19.2. The Bertz CT molecular complexity index is 1470. The minimum absolute atomic E-state index is 1.33. The summed E-state index contributed by atoms with van der Waals surface area (Å²) in [6, 6.07) is 22.4. The minimum atomic E-state index is 1.33. The van der Waals surface area contributed by atoms with E-state index < -0.39 is 0 Å². The Morgan fingerprint density at radius 3 is 1.84 bits per heavy atom. The number of hydrogen-bond donors (Lipinski definition) is 0. The van der Waals surface area contributed by atoms with Crippen molar-refractivity contribution in [3.05, 3.63) is 66.2 Å². The summed E-state index contributed by atoms with van der Waals surface area (Å²) in [5, 5.41) is 2.74. The van der Waals surface area contributed by atoms with Crippen molar-refractivity contribution in [1.82, 2.24) is 0 Å². The Hall–Kier alpha value is -2.58. The SMILES string of the molecule is Bc1c(B)c(B)c(-c2cccc(-c3cccc4sc5ccccc5c34)c2C)c(B)c1B. The van der Waals surface area contributed by atoms with E-state index >= 15 is 0 Å². The molecule has 0 fully saturated rings. The minimum Gasteiger partial charge on any atom is -0.135 e. The van der Waals surface area contributed by atoms with Crippen LogP contribution in [0, 0.1) is 6.92 Å². The van der Waals surface area contributed by atoms with E-state index in [2.05, 4.69) is 107 Å². The van der Waals surface area contributed by atoms with Crippen LogP contribution in [0.3, 0.4) is 0 Å². The van der Waals surface area contributed by atoms with Gasteiger partial charge in [0.25, 0.3) is 0 Å². The summed E-state index contributed by atoms with van der Waals surface area (Å²) in [5.41, 5.74) is 13.8. The van der Waals surface area contributed by atoms with Crippen molar-refractivity contribution in [3.8, 4) is 22.3 Å².